The van der Waals surface area contributed by atoms with E-state index in [-0.39, 0.29) is 11.8 Å². The van der Waals surface area contributed by atoms with Crippen molar-refractivity contribution < 1.29 is 5.11 Å². The van der Waals surface area contributed by atoms with Crippen LogP contribution in [0.4, 0.5) is 5.69 Å². The molecule has 106 valence electrons. The summed E-state index contributed by atoms with van der Waals surface area (Å²) in [5.74, 6) is 0.824. The fourth-order valence-electron chi connectivity index (χ4n) is 2.16. The standard InChI is InChI=1S/C15H15N5O/c1-10(11-4-3-7-14(21)9-11)16-13-6-2-5-12(8-13)15-17-19-20-18-15/h2-10,16,21H,1H3,(H,17,18,19,20). The highest BCUT2D eigenvalue weighted by Gasteiger charge is 2.08. The van der Waals surface area contributed by atoms with Crippen LogP contribution in [0.5, 0.6) is 5.75 Å². The molecule has 3 N–H and O–H groups in total. The second-order valence-corrected chi connectivity index (χ2v) is 4.78. The summed E-state index contributed by atoms with van der Waals surface area (Å²) < 4.78 is 0. The summed E-state index contributed by atoms with van der Waals surface area (Å²) in [6.07, 6.45) is 0. The molecule has 0 radical (unpaired) electrons. The van der Waals surface area contributed by atoms with E-state index in [1.165, 1.54) is 0 Å². The number of tetrazole rings is 1. The van der Waals surface area contributed by atoms with Crippen LogP contribution in [0.25, 0.3) is 11.4 Å². The van der Waals surface area contributed by atoms with Crippen LogP contribution in [0.15, 0.2) is 48.5 Å². The Labute approximate surface area is 121 Å². The van der Waals surface area contributed by atoms with Crippen molar-refractivity contribution in [3.8, 4) is 17.1 Å². The number of phenolic OH excluding ortho intramolecular Hbond substituents is 1. The number of phenols is 1. The van der Waals surface area contributed by atoms with Gasteiger partial charge in [-0.2, -0.15) is 5.21 Å². The maximum atomic E-state index is 9.54. The predicted molar refractivity (Wildman–Crippen MR) is 79.8 cm³/mol. The molecular formula is C15H15N5O. The minimum Gasteiger partial charge on any atom is -0.508 e. The number of benzene rings is 2. The lowest BCUT2D eigenvalue weighted by molar-refractivity contribution is 0.474. The monoisotopic (exact) mass is 281 g/mol. The highest BCUT2D eigenvalue weighted by Crippen LogP contribution is 2.24. The third-order valence-electron chi connectivity index (χ3n) is 3.22. The topological polar surface area (TPSA) is 86.7 Å². The fourth-order valence-corrected chi connectivity index (χ4v) is 2.16. The molecule has 0 aliphatic heterocycles. The Morgan fingerprint density at radius 2 is 2.00 bits per heavy atom. The molecule has 0 aliphatic carbocycles. The number of H-pyrrole nitrogens is 1. The SMILES string of the molecule is CC(Nc1cccc(-c2nn[nH]n2)c1)c1cccc(O)c1. The van der Waals surface area contributed by atoms with Crippen molar-refractivity contribution >= 4 is 5.69 Å². The lowest BCUT2D eigenvalue weighted by atomic mass is 10.1. The van der Waals surface area contributed by atoms with Gasteiger partial charge in [-0.15, -0.1) is 10.2 Å². The van der Waals surface area contributed by atoms with Gasteiger partial charge in [-0.05, 0) is 42.0 Å². The molecule has 6 heteroatoms. The number of hydrogen-bond acceptors (Lipinski definition) is 5. The van der Waals surface area contributed by atoms with Gasteiger partial charge < -0.3 is 10.4 Å². The van der Waals surface area contributed by atoms with Gasteiger partial charge >= 0.3 is 0 Å². The molecule has 1 heterocycles. The van der Waals surface area contributed by atoms with Gasteiger partial charge in [-0.25, -0.2) is 0 Å². The third-order valence-corrected chi connectivity index (χ3v) is 3.22. The molecule has 0 amide bonds. The highest BCUT2D eigenvalue weighted by molar-refractivity contribution is 5.62. The quantitative estimate of drug-likeness (QED) is 0.684. The predicted octanol–water partition coefficient (Wildman–Crippen LogP) is 2.75. The van der Waals surface area contributed by atoms with Crippen molar-refractivity contribution in [1.29, 1.82) is 0 Å². The van der Waals surface area contributed by atoms with Gasteiger partial charge in [0.2, 0.25) is 5.82 Å². The summed E-state index contributed by atoms with van der Waals surface area (Å²) in [5, 5.41) is 26.9. The molecule has 3 rings (SSSR count). The molecule has 21 heavy (non-hydrogen) atoms. The van der Waals surface area contributed by atoms with Gasteiger partial charge in [0.25, 0.3) is 0 Å². The van der Waals surface area contributed by atoms with Gasteiger partial charge in [0, 0.05) is 17.3 Å². The van der Waals surface area contributed by atoms with Gasteiger partial charge in [0.05, 0.1) is 0 Å². The highest BCUT2D eigenvalue weighted by atomic mass is 16.3. The lowest BCUT2D eigenvalue weighted by Crippen LogP contribution is -2.06. The number of hydrogen-bond donors (Lipinski definition) is 3. The second-order valence-electron chi connectivity index (χ2n) is 4.78. The Hall–Kier alpha value is -2.89. The summed E-state index contributed by atoms with van der Waals surface area (Å²) >= 11 is 0. The summed E-state index contributed by atoms with van der Waals surface area (Å²) in [4.78, 5) is 0. The zero-order valence-corrected chi connectivity index (χ0v) is 11.5. The van der Waals surface area contributed by atoms with Crippen LogP contribution < -0.4 is 5.32 Å². The summed E-state index contributed by atoms with van der Waals surface area (Å²) in [5.41, 5.74) is 2.85. The van der Waals surface area contributed by atoms with Crippen LogP contribution in [-0.4, -0.2) is 25.7 Å². The summed E-state index contributed by atoms with van der Waals surface area (Å²) in [7, 11) is 0. The lowest BCUT2D eigenvalue weighted by Gasteiger charge is -2.16. The minimum absolute atomic E-state index is 0.0672. The fraction of sp³-hybridized carbons (Fsp3) is 0.133. The number of aromatic nitrogens is 4. The average molecular weight is 281 g/mol. The molecular weight excluding hydrogens is 266 g/mol. The third kappa shape index (κ3) is 3.00. The number of rotatable bonds is 4. The van der Waals surface area contributed by atoms with Crippen molar-refractivity contribution in [2.24, 2.45) is 0 Å². The first-order valence-corrected chi connectivity index (χ1v) is 6.62. The van der Waals surface area contributed by atoms with Gasteiger partial charge in [0.15, 0.2) is 0 Å². The molecule has 0 bridgehead atoms. The number of anilines is 1. The molecule has 0 spiro atoms. The van der Waals surface area contributed by atoms with E-state index in [4.69, 9.17) is 0 Å². The van der Waals surface area contributed by atoms with Crippen LogP contribution in [-0.2, 0) is 0 Å². The Morgan fingerprint density at radius 1 is 1.14 bits per heavy atom. The van der Waals surface area contributed by atoms with Crippen molar-refractivity contribution in [2.75, 3.05) is 5.32 Å². The van der Waals surface area contributed by atoms with E-state index >= 15 is 0 Å². The molecule has 6 nitrogen and oxygen atoms in total. The molecule has 1 atom stereocenters. The molecule has 0 saturated heterocycles. The van der Waals surface area contributed by atoms with E-state index < -0.39 is 0 Å². The van der Waals surface area contributed by atoms with E-state index in [0.29, 0.717) is 5.82 Å². The number of aromatic hydroxyl groups is 1. The average Bonchev–Trinajstić information content (AvgIpc) is 3.02. The van der Waals surface area contributed by atoms with Crippen molar-refractivity contribution in [1.82, 2.24) is 20.6 Å². The van der Waals surface area contributed by atoms with Crippen molar-refractivity contribution in [2.45, 2.75) is 13.0 Å². The van der Waals surface area contributed by atoms with Gasteiger partial charge in [-0.1, -0.05) is 24.3 Å². The molecule has 1 aromatic heterocycles. The Morgan fingerprint density at radius 3 is 2.76 bits per heavy atom. The van der Waals surface area contributed by atoms with Crippen LogP contribution >= 0.6 is 0 Å². The van der Waals surface area contributed by atoms with Gasteiger partial charge in [0.1, 0.15) is 5.75 Å². The first-order valence-electron chi connectivity index (χ1n) is 6.62. The Kier molecular flexibility index (Phi) is 3.51. The van der Waals surface area contributed by atoms with Crippen molar-refractivity contribution in [3.05, 3.63) is 54.1 Å². The van der Waals surface area contributed by atoms with Crippen LogP contribution in [0.2, 0.25) is 0 Å². The second kappa shape index (κ2) is 5.62. The van der Waals surface area contributed by atoms with E-state index in [1.54, 1.807) is 12.1 Å². The van der Waals surface area contributed by atoms with E-state index in [2.05, 4.69) is 25.9 Å². The molecule has 0 saturated carbocycles. The zero-order valence-electron chi connectivity index (χ0n) is 11.5. The zero-order chi connectivity index (χ0) is 14.7. The largest absolute Gasteiger partial charge is 0.508 e. The number of nitrogens with one attached hydrogen (secondary N) is 2. The normalized spacial score (nSPS) is 12.0. The maximum Gasteiger partial charge on any atom is 0.204 e. The molecule has 1 unspecified atom stereocenters. The van der Waals surface area contributed by atoms with Crippen LogP contribution in [0, 0.1) is 0 Å². The number of aromatic amines is 1. The molecule has 3 aromatic rings. The Balaban J connectivity index is 1.80. The van der Waals surface area contributed by atoms with E-state index in [0.717, 1.165) is 16.8 Å². The first kappa shape index (κ1) is 13.1. The van der Waals surface area contributed by atoms with Crippen LogP contribution in [0.1, 0.15) is 18.5 Å². The van der Waals surface area contributed by atoms with E-state index in [9.17, 15) is 5.11 Å². The smallest absolute Gasteiger partial charge is 0.204 e. The van der Waals surface area contributed by atoms with Crippen LogP contribution in [0.3, 0.4) is 0 Å². The molecule has 2 aromatic carbocycles. The maximum absolute atomic E-state index is 9.54. The van der Waals surface area contributed by atoms with E-state index in [1.807, 2.05) is 43.3 Å². The molecule has 0 aliphatic rings. The summed E-state index contributed by atoms with van der Waals surface area (Å²) in [6, 6.07) is 15.1. The first-order chi connectivity index (χ1) is 10.2. The molecule has 0 fully saturated rings. The van der Waals surface area contributed by atoms with Crippen molar-refractivity contribution in [3.63, 3.8) is 0 Å². The Bertz CT molecular complexity index is 726. The summed E-state index contributed by atoms with van der Waals surface area (Å²) in [6.45, 7) is 2.04. The minimum atomic E-state index is 0.0672. The number of nitrogens with zero attached hydrogens (tertiary/aromatic N) is 3. The van der Waals surface area contributed by atoms with Gasteiger partial charge in [-0.3, -0.25) is 0 Å².